The molecule has 7 nitrogen and oxygen atoms in total. The third-order valence-electron chi connectivity index (χ3n) is 4.27. The first-order valence-electron chi connectivity index (χ1n) is 8.65. The number of para-hydroxylation sites is 1. The van der Waals surface area contributed by atoms with E-state index >= 15 is 0 Å². The SMILES string of the molecule is Cc1nc2ccc(-c3cc(N)nc(N)c3)nc2n1CCOc1ccccc1. The van der Waals surface area contributed by atoms with E-state index in [-0.39, 0.29) is 0 Å². The minimum atomic E-state index is 0.368. The van der Waals surface area contributed by atoms with Gasteiger partial charge in [0.05, 0.1) is 12.2 Å². The number of hydrogen-bond donors (Lipinski definition) is 2. The van der Waals surface area contributed by atoms with Gasteiger partial charge in [-0.1, -0.05) is 18.2 Å². The van der Waals surface area contributed by atoms with Crippen molar-refractivity contribution < 1.29 is 4.74 Å². The molecule has 0 aliphatic heterocycles. The van der Waals surface area contributed by atoms with Gasteiger partial charge in [-0.3, -0.25) is 0 Å². The molecule has 0 spiro atoms. The van der Waals surface area contributed by atoms with Crippen LogP contribution in [-0.2, 0) is 6.54 Å². The minimum Gasteiger partial charge on any atom is -0.492 e. The van der Waals surface area contributed by atoms with Gasteiger partial charge in [-0.05, 0) is 43.3 Å². The van der Waals surface area contributed by atoms with Crippen molar-refractivity contribution in [2.24, 2.45) is 0 Å². The maximum absolute atomic E-state index is 5.81. The van der Waals surface area contributed by atoms with E-state index in [1.807, 2.05) is 49.4 Å². The third-order valence-corrected chi connectivity index (χ3v) is 4.27. The summed E-state index contributed by atoms with van der Waals surface area (Å²) in [5.41, 5.74) is 14.9. The third kappa shape index (κ3) is 3.52. The molecule has 3 aromatic heterocycles. The van der Waals surface area contributed by atoms with E-state index in [9.17, 15) is 0 Å². The second-order valence-electron chi connectivity index (χ2n) is 6.22. The molecule has 136 valence electrons. The fourth-order valence-corrected chi connectivity index (χ4v) is 3.04. The van der Waals surface area contributed by atoms with Crippen LogP contribution in [0.5, 0.6) is 5.75 Å². The van der Waals surface area contributed by atoms with Crippen LogP contribution in [0.15, 0.2) is 54.6 Å². The molecule has 7 heteroatoms. The van der Waals surface area contributed by atoms with Crippen LogP contribution < -0.4 is 16.2 Å². The molecule has 4 N–H and O–H groups in total. The highest BCUT2D eigenvalue weighted by molar-refractivity contribution is 5.77. The van der Waals surface area contributed by atoms with Crippen molar-refractivity contribution in [2.75, 3.05) is 18.1 Å². The van der Waals surface area contributed by atoms with Crippen LogP contribution in [0.4, 0.5) is 11.6 Å². The van der Waals surface area contributed by atoms with Gasteiger partial charge in [0.25, 0.3) is 0 Å². The molecule has 0 radical (unpaired) electrons. The number of rotatable bonds is 5. The average molecular weight is 360 g/mol. The summed E-state index contributed by atoms with van der Waals surface area (Å²) in [5.74, 6) is 2.47. The molecule has 0 unspecified atom stereocenters. The van der Waals surface area contributed by atoms with Crippen LogP contribution in [0.3, 0.4) is 0 Å². The normalized spacial score (nSPS) is 11.0. The quantitative estimate of drug-likeness (QED) is 0.567. The first-order chi connectivity index (χ1) is 13.1. The second kappa shape index (κ2) is 6.95. The highest BCUT2D eigenvalue weighted by Crippen LogP contribution is 2.24. The molecule has 0 atom stereocenters. The summed E-state index contributed by atoms with van der Waals surface area (Å²) in [6, 6.07) is 17.1. The second-order valence-corrected chi connectivity index (χ2v) is 6.22. The molecular weight excluding hydrogens is 340 g/mol. The molecular formula is C20H20N6O. The lowest BCUT2D eigenvalue weighted by Gasteiger charge is -2.09. The summed E-state index contributed by atoms with van der Waals surface area (Å²) in [6.07, 6.45) is 0. The maximum Gasteiger partial charge on any atom is 0.160 e. The lowest BCUT2D eigenvalue weighted by atomic mass is 10.1. The van der Waals surface area contributed by atoms with Crippen molar-refractivity contribution in [1.82, 2.24) is 19.5 Å². The Morgan fingerprint density at radius 1 is 0.926 bits per heavy atom. The Hall–Kier alpha value is -3.61. The van der Waals surface area contributed by atoms with E-state index in [4.69, 9.17) is 21.2 Å². The maximum atomic E-state index is 5.81. The molecule has 0 aliphatic rings. The van der Waals surface area contributed by atoms with E-state index in [0.29, 0.717) is 24.8 Å². The molecule has 4 aromatic rings. The lowest BCUT2D eigenvalue weighted by Crippen LogP contribution is -2.10. The minimum absolute atomic E-state index is 0.368. The molecule has 0 saturated carbocycles. The van der Waals surface area contributed by atoms with Gasteiger partial charge in [-0.15, -0.1) is 0 Å². The fraction of sp³-hybridized carbons (Fsp3) is 0.150. The van der Waals surface area contributed by atoms with Crippen molar-refractivity contribution in [3.8, 4) is 17.0 Å². The molecule has 4 rings (SSSR count). The summed E-state index contributed by atoms with van der Waals surface area (Å²) in [7, 11) is 0. The number of imidazole rings is 1. The zero-order valence-electron chi connectivity index (χ0n) is 15.0. The van der Waals surface area contributed by atoms with Gasteiger partial charge in [-0.25, -0.2) is 15.0 Å². The van der Waals surface area contributed by atoms with Gasteiger partial charge in [-0.2, -0.15) is 0 Å². The summed E-state index contributed by atoms with van der Waals surface area (Å²) in [6.45, 7) is 3.14. The predicted molar refractivity (Wildman–Crippen MR) is 106 cm³/mol. The number of pyridine rings is 2. The van der Waals surface area contributed by atoms with E-state index in [2.05, 4.69) is 14.5 Å². The van der Waals surface area contributed by atoms with Crippen LogP contribution in [0.25, 0.3) is 22.4 Å². The Kier molecular flexibility index (Phi) is 4.33. The van der Waals surface area contributed by atoms with Gasteiger partial charge >= 0.3 is 0 Å². The topological polar surface area (TPSA) is 105 Å². The van der Waals surface area contributed by atoms with E-state index < -0.39 is 0 Å². The highest BCUT2D eigenvalue weighted by atomic mass is 16.5. The predicted octanol–water partition coefficient (Wildman–Crippen LogP) is 3.05. The molecule has 27 heavy (non-hydrogen) atoms. The van der Waals surface area contributed by atoms with Crippen molar-refractivity contribution in [2.45, 2.75) is 13.5 Å². The fourth-order valence-electron chi connectivity index (χ4n) is 3.04. The summed E-state index contributed by atoms with van der Waals surface area (Å²) < 4.78 is 7.86. The lowest BCUT2D eigenvalue weighted by molar-refractivity contribution is 0.298. The first-order valence-corrected chi connectivity index (χ1v) is 8.65. The number of aromatic nitrogens is 4. The van der Waals surface area contributed by atoms with Gasteiger partial charge in [0.15, 0.2) is 5.65 Å². The van der Waals surface area contributed by atoms with Gasteiger partial charge in [0, 0.05) is 5.56 Å². The molecule has 1 aromatic carbocycles. The number of fused-ring (bicyclic) bond motifs is 1. The van der Waals surface area contributed by atoms with Crippen molar-refractivity contribution in [3.05, 3.63) is 60.4 Å². The Morgan fingerprint density at radius 2 is 1.67 bits per heavy atom. The van der Waals surface area contributed by atoms with Gasteiger partial charge < -0.3 is 20.8 Å². The van der Waals surface area contributed by atoms with Crippen LogP contribution in [0.2, 0.25) is 0 Å². The molecule has 0 fully saturated rings. The monoisotopic (exact) mass is 360 g/mol. The van der Waals surface area contributed by atoms with Crippen LogP contribution in [0, 0.1) is 6.92 Å². The van der Waals surface area contributed by atoms with Gasteiger partial charge in [0.1, 0.15) is 35.3 Å². The van der Waals surface area contributed by atoms with Crippen LogP contribution in [0.1, 0.15) is 5.82 Å². The van der Waals surface area contributed by atoms with Crippen LogP contribution >= 0.6 is 0 Å². The number of nitrogens with two attached hydrogens (primary N) is 2. The molecule has 0 bridgehead atoms. The number of anilines is 2. The number of nitrogens with zero attached hydrogens (tertiary/aromatic N) is 4. The first kappa shape index (κ1) is 16.8. The van der Waals surface area contributed by atoms with Crippen molar-refractivity contribution in [3.63, 3.8) is 0 Å². The van der Waals surface area contributed by atoms with E-state index in [0.717, 1.165) is 34.0 Å². The standard InChI is InChI=1S/C20H20N6O/c1-13-23-17-8-7-16(14-11-18(21)25-19(22)12-14)24-20(17)26(13)9-10-27-15-5-3-2-4-6-15/h2-8,11-12H,9-10H2,1H3,(H4,21,22,25). The Balaban J connectivity index is 1.63. The zero-order valence-corrected chi connectivity index (χ0v) is 15.0. The van der Waals surface area contributed by atoms with Gasteiger partial charge in [0.2, 0.25) is 0 Å². The molecule has 0 aliphatic carbocycles. The number of nitrogen functional groups attached to an aromatic ring is 2. The number of hydrogen-bond acceptors (Lipinski definition) is 6. The largest absolute Gasteiger partial charge is 0.492 e. The Morgan fingerprint density at radius 3 is 2.41 bits per heavy atom. The number of ether oxygens (including phenoxy) is 1. The van der Waals surface area contributed by atoms with Crippen LogP contribution in [-0.4, -0.2) is 26.1 Å². The number of benzene rings is 1. The van der Waals surface area contributed by atoms with E-state index in [1.165, 1.54) is 0 Å². The summed E-state index contributed by atoms with van der Waals surface area (Å²) in [5, 5.41) is 0. The summed E-state index contributed by atoms with van der Waals surface area (Å²) >= 11 is 0. The number of aryl methyl sites for hydroxylation is 1. The smallest absolute Gasteiger partial charge is 0.160 e. The molecule has 3 heterocycles. The average Bonchev–Trinajstić information content (AvgIpc) is 2.96. The zero-order chi connectivity index (χ0) is 18.8. The molecule has 0 amide bonds. The highest BCUT2D eigenvalue weighted by Gasteiger charge is 2.11. The molecule has 0 saturated heterocycles. The van der Waals surface area contributed by atoms with Crippen molar-refractivity contribution in [1.29, 1.82) is 0 Å². The Labute approximate surface area is 156 Å². The van der Waals surface area contributed by atoms with E-state index in [1.54, 1.807) is 12.1 Å². The Bertz CT molecular complexity index is 1070. The van der Waals surface area contributed by atoms with Crippen molar-refractivity contribution >= 4 is 22.8 Å². The summed E-state index contributed by atoms with van der Waals surface area (Å²) in [4.78, 5) is 13.4.